The summed E-state index contributed by atoms with van der Waals surface area (Å²) in [7, 11) is 0. The van der Waals surface area contributed by atoms with E-state index in [1.165, 1.54) is 18.1 Å². The monoisotopic (exact) mass is 345 g/mol. The molecule has 3 rings (SSSR count). The summed E-state index contributed by atoms with van der Waals surface area (Å²) in [6.07, 6.45) is 3.10. The third kappa shape index (κ3) is 3.93. The molecule has 2 aromatic rings. The summed E-state index contributed by atoms with van der Waals surface area (Å²) in [5.41, 5.74) is 2.63. The first kappa shape index (κ1) is 16.9. The van der Waals surface area contributed by atoms with E-state index < -0.39 is 23.6 Å². The Hall–Kier alpha value is -2.96. The lowest BCUT2D eigenvalue weighted by Gasteiger charge is -2.12. The molecular formula is C18H17F2N3O2. The van der Waals surface area contributed by atoms with Gasteiger partial charge in [0.15, 0.2) is 0 Å². The summed E-state index contributed by atoms with van der Waals surface area (Å²) >= 11 is 0. The minimum Gasteiger partial charge on any atom is -0.324 e. The highest BCUT2D eigenvalue weighted by molar-refractivity contribution is 6.00. The van der Waals surface area contributed by atoms with Crippen molar-refractivity contribution >= 4 is 29.0 Å². The second kappa shape index (κ2) is 6.88. The zero-order chi connectivity index (χ0) is 18.0. The number of hydrogen-bond donors (Lipinski definition) is 3. The molecule has 130 valence electrons. The molecule has 3 N–H and O–H groups in total. The molecule has 0 fully saturated rings. The standard InChI is InChI=1S/C18H17F2N3O2/c1-10(24)21-16-9-17(15(20)8-14(16)19)23-18(25)22-13-6-5-11-3-2-4-12(11)7-13/h5-9H,2-4H2,1H3,(H,21,24)(H2,22,23,25). The van der Waals surface area contributed by atoms with Gasteiger partial charge in [0.05, 0.1) is 11.4 Å². The van der Waals surface area contributed by atoms with Crippen molar-refractivity contribution in [2.75, 3.05) is 16.0 Å². The van der Waals surface area contributed by atoms with Crippen LogP contribution in [0.1, 0.15) is 24.5 Å². The van der Waals surface area contributed by atoms with E-state index in [1.54, 1.807) is 6.07 Å². The molecule has 0 atom stereocenters. The van der Waals surface area contributed by atoms with Crippen molar-refractivity contribution in [3.63, 3.8) is 0 Å². The number of amides is 3. The number of hydrogen-bond acceptors (Lipinski definition) is 2. The molecule has 1 aliphatic rings. The average molecular weight is 345 g/mol. The Kier molecular flexibility index (Phi) is 4.65. The zero-order valence-electron chi connectivity index (χ0n) is 13.6. The molecule has 0 unspecified atom stereocenters. The highest BCUT2D eigenvalue weighted by Crippen LogP contribution is 2.26. The Bertz CT molecular complexity index is 852. The number of halogens is 2. The zero-order valence-corrected chi connectivity index (χ0v) is 13.6. The second-order valence-electron chi connectivity index (χ2n) is 5.91. The van der Waals surface area contributed by atoms with Crippen molar-refractivity contribution in [2.24, 2.45) is 0 Å². The van der Waals surface area contributed by atoms with Gasteiger partial charge in [0, 0.05) is 18.7 Å². The Morgan fingerprint density at radius 2 is 1.56 bits per heavy atom. The van der Waals surface area contributed by atoms with Gasteiger partial charge in [-0.2, -0.15) is 0 Å². The minimum absolute atomic E-state index is 0.207. The summed E-state index contributed by atoms with van der Waals surface area (Å²) in [5.74, 6) is -2.35. The van der Waals surface area contributed by atoms with E-state index in [4.69, 9.17) is 0 Å². The van der Waals surface area contributed by atoms with Gasteiger partial charge in [0.25, 0.3) is 0 Å². The fourth-order valence-electron chi connectivity index (χ4n) is 2.86. The predicted octanol–water partition coefficient (Wildman–Crippen LogP) is 4.06. The van der Waals surface area contributed by atoms with Gasteiger partial charge in [-0.3, -0.25) is 4.79 Å². The molecule has 0 radical (unpaired) electrons. The van der Waals surface area contributed by atoms with Crippen molar-refractivity contribution in [1.29, 1.82) is 0 Å². The molecule has 1 aliphatic carbocycles. The molecule has 25 heavy (non-hydrogen) atoms. The molecule has 3 amide bonds. The Balaban J connectivity index is 1.73. The van der Waals surface area contributed by atoms with E-state index in [9.17, 15) is 18.4 Å². The van der Waals surface area contributed by atoms with Crippen LogP contribution in [0.3, 0.4) is 0 Å². The number of aryl methyl sites for hydroxylation is 2. The fraction of sp³-hybridized carbons (Fsp3) is 0.222. The summed E-state index contributed by atoms with van der Waals surface area (Å²) < 4.78 is 27.5. The van der Waals surface area contributed by atoms with E-state index in [0.29, 0.717) is 11.8 Å². The van der Waals surface area contributed by atoms with Crippen LogP contribution in [0.4, 0.5) is 30.6 Å². The predicted molar refractivity (Wildman–Crippen MR) is 91.8 cm³/mol. The first-order chi connectivity index (χ1) is 11.9. The van der Waals surface area contributed by atoms with Gasteiger partial charge in [0.2, 0.25) is 5.91 Å². The molecule has 0 bridgehead atoms. The fourth-order valence-corrected chi connectivity index (χ4v) is 2.86. The lowest BCUT2D eigenvalue weighted by molar-refractivity contribution is -0.114. The Labute approximate surface area is 143 Å². The third-order valence-corrected chi connectivity index (χ3v) is 3.97. The van der Waals surface area contributed by atoms with Crippen molar-refractivity contribution in [1.82, 2.24) is 0 Å². The topological polar surface area (TPSA) is 70.2 Å². The van der Waals surface area contributed by atoms with Gasteiger partial charge in [-0.15, -0.1) is 0 Å². The Morgan fingerprint density at radius 1 is 0.880 bits per heavy atom. The number of carbonyl (C=O) groups is 2. The van der Waals surface area contributed by atoms with Crippen LogP contribution in [-0.4, -0.2) is 11.9 Å². The van der Waals surface area contributed by atoms with Crippen molar-refractivity contribution in [2.45, 2.75) is 26.2 Å². The van der Waals surface area contributed by atoms with E-state index in [1.807, 2.05) is 12.1 Å². The number of anilines is 3. The van der Waals surface area contributed by atoms with Gasteiger partial charge in [0.1, 0.15) is 11.6 Å². The van der Waals surface area contributed by atoms with Crippen LogP contribution in [0.2, 0.25) is 0 Å². The van der Waals surface area contributed by atoms with Gasteiger partial charge >= 0.3 is 6.03 Å². The van der Waals surface area contributed by atoms with Crippen molar-refractivity contribution < 1.29 is 18.4 Å². The van der Waals surface area contributed by atoms with Crippen molar-refractivity contribution in [3.05, 3.63) is 53.1 Å². The molecule has 0 spiro atoms. The van der Waals surface area contributed by atoms with Crippen LogP contribution < -0.4 is 16.0 Å². The largest absolute Gasteiger partial charge is 0.324 e. The molecule has 0 aromatic heterocycles. The van der Waals surface area contributed by atoms with Crippen LogP contribution in [0.25, 0.3) is 0 Å². The number of fused-ring (bicyclic) bond motifs is 1. The van der Waals surface area contributed by atoms with E-state index in [-0.39, 0.29) is 11.4 Å². The van der Waals surface area contributed by atoms with Crippen LogP contribution >= 0.6 is 0 Å². The maximum Gasteiger partial charge on any atom is 0.323 e. The lowest BCUT2D eigenvalue weighted by atomic mass is 10.1. The first-order valence-electron chi connectivity index (χ1n) is 7.89. The Morgan fingerprint density at radius 3 is 2.28 bits per heavy atom. The summed E-state index contributed by atoms with van der Waals surface area (Å²) in [4.78, 5) is 23.1. The van der Waals surface area contributed by atoms with Crippen LogP contribution in [-0.2, 0) is 17.6 Å². The first-order valence-corrected chi connectivity index (χ1v) is 7.89. The van der Waals surface area contributed by atoms with Gasteiger partial charge < -0.3 is 16.0 Å². The minimum atomic E-state index is -0.935. The molecule has 0 saturated carbocycles. The molecular weight excluding hydrogens is 328 g/mol. The lowest BCUT2D eigenvalue weighted by Crippen LogP contribution is -2.20. The smallest absolute Gasteiger partial charge is 0.323 e. The molecule has 5 nitrogen and oxygen atoms in total. The van der Waals surface area contributed by atoms with Gasteiger partial charge in [-0.05, 0) is 48.6 Å². The summed E-state index contributed by atoms with van der Waals surface area (Å²) in [6, 6.07) is 6.63. The third-order valence-electron chi connectivity index (χ3n) is 3.97. The number of benzene rings is 2. The van der Waals surface area contributed by atoms with Crippen LogP contribution in [0.15, 0.2) is 30.3 Å². The molecule has 0 saturated heterocycles. The van der Waals surface area contributed by atoms with Crippen molar-refractivity contribution in [3.8, 4) is 0 Å². The molecule has 2 aromatic carbocycles. The van der Waals surface area contributed by atoms with E-state index in [0.717, 1.165) is 25.3 Å². The number of nitrogens with one attached hydrogen (secondary N) is 3. The number of carbonyl (C=O) groups excluding carboxylic acids is 2. The normalized spacial score (nSPS) is 12.4. The number of urea groups is 1. The highest BCUT2D eigenvalue weighted by atomic mass is 19.1. The van der Waals surface area contributed by atoms with Crippen LogP contribution in [0.5, 0.6) is 0 Å². The quantitative estimate of drug-likeness (QED) is 0.785. The maximum atomic E-state index is 13.9. The van der Waals surface area contributed by atoms with Gasteiger partial charge in [-0.25, -0.2) is 13.6 Å². The average Bonchev–Trinajstić information content (AvgIpc) is 2.99. The second-order valence-corrected chi connectivity index (χ2v) is 5.91. The molecule has 0 aliphatic heterocycles. The number of rotatable bonds is 3. The highest BCUT2D eigenvalue weighted by Gasteiger charge is 2.15. The molecule has 7 heteroatoms. The molecule has 0 heterocycles. The summed E-state index contributed by atoms with van der Waals surface area (Å²) in [5, 5.41) is 7.19. The van der Waals surface area contributed by atoms with E-state index in [2.05, 4.69) is 16.0 Å². The van der Waals surface area contributed by atoms with Gasteiger partial charge in [-0.1, -0.05) is 6.07 Å². The van der Waals surface area contributed by atoms with E-state index >= 15 is 0 Å². The van der Waals surface area contributed by atoms with Crippen LogP contribution in [0, 0.1) is 11.6 Å². The SMILES string of the molecule is CC(=O)Nc1cc(NC(=O)Nc2ccc3c(c2)CCC3)c(F)cc1F. The maximum absolute atomic E-state index is 13.9. The summed E-state index contributed by atoms with van der Waals surface area (Å²) in [6.45, 7) is 1.20.